The molecule has 1 amide bonds. The van der Waals surface area contributed by atoms with Gasteiger partial charge in [0.15, 0.2) is 6.04 Å². The van der Waals surface area contributed by atoms with Crippen LogP contribution in [0.2, 0.25) is 0 Å². The van der Waals surface area contributed by atoms with E-state index in [1.54, 1.807) is 28.9 Å². The van der Waals surface area contributed by atoms with Crippen LogP contribution < -0.4 is 5.32 Å². The van der Waals surface area contributed by atoms with E-state index in [1.807, 2.05) is 20.8 Å². The predicted octanol–water partition coefficient (Wildman–Crippen LogP) is 3.85. The third kappa shape index (κ3) is 3.45. The molecule has 30 heavy (non-hydrogen) atoms. The smallest absolute Gasteiger partial charge is 0.367 e. The molecular weight excluding hydrogens is 397 g/mol. The number of nitrogens with one attached hydrogen (secondary N) is 1. The lowest BCUT2D eigenvalue weighted by Gasteiger charge is -2.35. The zero-order valence-electron chi connectivity index (χ0n) is 17.6. The van der Waals surface area contributed by atoms with Crippen LogP contribution in [0.5, 0.6) is 0 Å². The van der Waals surface area contributed by atoms with Gasteiger partial charge >= 0.3 is 6.18 Å². The van der Waals surface area contributed by atoms with Crippen molar-refractivity contribution in [3.8, 4) is 0 Å². The summed E-state index contributed by atoms with van der Waals surface area (Å²) < 4.78 is 44.0. The Morgan fingerprint density at radius 3 is 2.67 bits per heavy atom. The number of anilines is 1. The Bertz CT molecular complexity index is 947. The standard InChI is InChI=1S/C20H27F3N6O/c1-11(2)14-8-17(20(21,22)23)29-18(25-14)9-15(26-29)16-6-5-7-28(16)19(30)13-10-24-27(4)12(13)3/h9-11,14,16-17,25H,5-8H2,1-4H3/t14-,16+,17+/m0/s1. The number of rotatable bonds is 3. The fraction of sp³-hybridized carbons (Fsp3) is 0.650. The first-order chi connectivity index (χ1) is 14.1. The first-order valence-electron chi connectivity index (χ1n) is 10.3. The van der Waals surface area contributed by atoms with Crippen LogP contribution in [0.4, 0.5) is 19.0 Å². The van der Waals surface area contributed by atoms with Crippen LogP contribution in [0.1, 0.15) is 66.9 Å². The van der Waals surface area contributed by atoms with Crippen LogP contribution in [-0.2, 0) is 7.05 Å². The van der Waals surface area contributed by atoms with Crippen molar-refractivity contribution in [3.05, 3.63) is 29.2 Å². The van der Waals surface area contributed by atoms with Gasteiger partial charge in [0.1, 0.15) is 5.82 Å². The highest BCUT2D eigenvalue weighted by molar-refractivity contribution is 5.95. The molecule has 4 heterocycles. The first kappa shape index (κ1) is 20.7. The summed E-state index contributed by atoms with van der Waals surface area (Å²) in [4.78, 5) is 14.8. The number of halogens is 3. The summed E-state index contributed by atoms with van der Waals surface area (Å²) in [5.74, 6) is 0.267. The van der Waals surface area contributed by atoms with Crippen molar-refractivity contribution in [2.24, 2.45) is 13.0 Å². The molecule has 164 valence electrons. The second kappa shape index (κ2) is 7.31. The molecule has 2 aliphatic rings. The molecule has 1 N–H and O–H groups in total. The molecule has 7 nitrogen and oxygen atoms in total. The average molecular weight is 424 g/mol. The van der Waals surface area contributed by atoms with Gasteiger partial charge in [-0.15, -0.1) is 0 Å². The number of likely N-dealkylation sites (tertiary alicyclic amines) is 1. The highest BCUT2D eigenvalue weighted by atomic mass is 19.4. The van der Waals surface area contributed by atoms with Gasteiger partial charge in [-0.2, -0.15) is 23.4 Å². The number of hydrogen-bond acceptors (Lipinski definition) is 4. The Morgan fingerprint density at radius 2 is 2.07 bits per heavy atom. The van der Waals surface area contributed by atoms with Gasteiger partial charge in [0.05, 0.1) is 23.5 Å². The van der Waals surface area contributed by atoms with Crippen molar-refractivity contribution in [2.75, 3.05) is 11.9 Å². The monoisotopic (exact) mass is 424 g/mol. The van der Waals surface area contributed by atoms with Crippen molar-refractivity contribution < 1.29 is 18.0 Å². The molecule has 2 aliphatic heterocycles. The van der Waals surface area contributed by atoms with Gasteiger partial charge in [-0.1, -0.05) is 13.8 Å². The molecule has 2 aromatic heterocycles. The highest BCUT2D eigenvalue weighted by Crippen LogP contribution is 2.42. The van der Waals surface area contributed by atoms with Crippen molar-refractivity contribution in [3.63, 3.8) is 0 Å². The molecule has 0 radical (unpaired) electrons. The minimum absolute atomic E-state index is 0.0556. The highest BCUT2D eigenvalue weighted by Gasteiger charge is 2.47. The normalized spacial score (nSPS) is 24.3. The van der Waals surface area contributed by atoms with Gasteiger partial charge in [0.25, 0.3) is 5.91 Å². The van der Waals surface area contributed by atoms with E-state index in [9.17, 15) is 18.0 Å². The molecule has 1 fully saturated rings. The summed E-state index contributed by atoms with van der Waals surface area (Å²) in [6, 6.07) is -0.614. The molecule has 1 saturated heterocycles. The number of hydrogen-bond donors (Lipinski definition) is 1. The zero-order valence-corrected chi connectivity index (χ0v) is 17.6. The lowest BCUT2D eigenvalue weighted by molar-refractivity contribution is -0.174. The topological polar surface area (TPSA) is 68.0 Å². The first-order valence-corrected chi connectivity index (χ1v) is 10.3. The Labute approximate surface area is 173 Å². The van der Waals surface area contributed by atoms with Crippen molar-refractivity contribution >= 4 is 11.7 Å². The van der Waals surface area contributed by atoms with E-state index in [0.717, 1.165) is 16.8 Å². The van der Waals surface area contributed by atoms with E-state index in [1.165, 1.54) is 0 Å². The molecule has 10 heteroatoms. The summed E-state index contributed by atoms with van der Waals surface area (Å²) in [6.45, 7) is 6.19. The summed E-state index contributed by atoms with van der Waals surface area (Å²) in [6.07, 6.45) is -1.45. The largest absolute Gasteiger partial charge is 0.410 e. The SMILES string of the molecule is Cc1c(C(=O)N2CCC[C@@H]2c2cc3n(n2)[C@@H](C(F)(F)F)C[C@@H](C(C)C)N3)cnn1C. The van der Waals surface area contributed by atoms with Crippen LogP contribution in [0.3, 0.4) is 0 Å². The van der Waals surface area contributed by atoms with Crippen molar-refractivity contribution in [2.45, 2.75) is 64.3 Å². The van der Waals surface area contributed by atoms with E-state index in [-0.39, 0.29) is 30.3 Å². The maximum Gasteiger partial charge on any atom is 0.410 e. The second-order valence-corrected chi connectivity index (χ2v) is 8.61. The molecule has 2 aromatic rings. The van der Waals surface area contributed by atoms with Gasteiger partial charge in [-0.3, -0.25) is 9.48 Å². The maximum absolute atomic E-state index is 13.8. The van der Waals surface area contributed by atoms with Crippen molar-refractivity contribution in [1.82, 2.24) is 24.5 Å². The zero-order chi connectivity index (χ0) is 21.8. The molecule has 0 spiro atoms. The number of carbonyl (C=O) groups excluding carboxylic acids is 1. The van der Waals surface area contributed by atoms with Crippen LogP contribution in [0.25, 0.3) is 0 Å². The molecule has 4 rings (SSSR count). The van der Waals surface area contributed by atoms with Crippen LogP contribution in [0, 0.1) is 12.8 Å². The van der Waals surface area contributed by atoms with E-state index < -0.39 is 12.2 Å². The van der Waals surface area contributed by atoms with Gasteiger partial charge in [-0.05, 0) is 32.1 Å². The molecule has 0 unspecified atom stereocenters. The van der Waals surface area contributed by atoms with Crippen molar-refractivity contribution in [1.29, 1.82) is 0 Å². The Hall–Kier alpha value is -2.52. The van der Waals surface area contributed by atoms with Gasteiger partial charge in [0, 0.05) is 31.4 Å². The van der Waals surface area contributed by atoms with Crippen LogP contribution >= 0.6 is 0 Å². The number of aryl methyl sites for hydroxylation is 1. The number of carbonyl (C=O) groups is 1. The van der Waals surface area contributed by atoms with E-state index in [0.29, 0.717) is 30.0 Å². The van der Waals surface area contributed by atoms with Gasteiger partial charge in [0.2, 0.25) is 0 Å². The van der Waals surface area contributed by atoms with Crippen LogP contribution in [-0.4, -0.2) is 49.1 Å². The lowest BCUT2D eigenvalue weighted by Crippen LogP contribution is -2.41. The molecule has 3 atom stereocenters. The summed E-state index contributed by atoms with van der Waals surface area (Å²) in [5.41, 5.74) is 1.77. The lowest BCUT2D eigenvalue weighted by atomic mass is 9.94. The minimum Gasteiger partial charge on any atom is -0.367 e. The number of amides is 1. The third-order valence-corrected chi connectivity index (χ3v) is 6.36. The maximum atomic E-state index is 13.8. The van der Waals surface area contributed by atoms with Gasteiger partial charge in [-0.25, -0.2) is 4.68 Å². The fourth-order valence-electron chi connectivity index (χ4n) is 4.40. The number of alkyl halides is 3. The van der Waals surface area contributed by atoms with Crippen LogP contribution in [0.15, 0.2) is 12.3 Å². The summed E-state index contributed by atoms with van der Waals surface area (Å²) >= 11 is 0. The third-order valence-electron chi connectivity index (χ3n) is 6.36. The minimum atomic E-state index is -4.38. The molecular formula is C20H27F3N6O. The van der Waals surface area contributed by atoms with E-state index >= 15 is 0 Å². The number of fused-ring (bicyclic) bond motifs is 1. The quantitative estimate of drug-likeness (QED) is 0.813. The molecule has 0 aliphatic carbocycles. The number of nitrogens with zero attached hydrogens (tertiary/aromatic N) is 5. The fourth-order valence-corrected chi connectivity index (χ4v) is 4.40. The van der Waals surface area contributed by atoms with E-state index in [2.05, 4.69) is 15.5 Å². The predicted molar refractivity (Wildman–Crippen MR) is 105 cm³/mol. The molecule has 0 aromatic carbocycles. The average Bonchev–Trinajstić information content (AvgIpc) is 3.38. The summed E-state index contributed by atoms with van der Waals surface area (Å²) in [5, 5.41) is 11.7. The number of aromatic nitrogens is 4. The van der Waals surface area contributed by atoms with E-state index in [4.69, 9.17) is 0 Å². The Kier molecular flexibility index (Phi) is 5.06. The Balaban J connectivity index is 1.66. The Morgan fingerprint density at radius 1 is 1.33 bits per heavy atom. The second-order valence-electron chi connectivity index (χ2n) is 8.61. The molecule has 0 saturated carbocycles. The molecule has 0 bridgehead atoms. The van der Waals surface area contributed by atoms with Gasteiger partial charge < -0.3 is 10.2 Å². The summed E-state index contributed by atoms with van der Waals surface area (Å²) in [7, 11) is 1.77.